The van der Waals surface area contributed by atoms with Gasteiger partial charge in [0.05, 0.1) is 5.69 Å². The van der Waals surface area contributed by atoms with Crippen LogP contribution in [0.4, 0.5) is 5.69 Å². The first kappa shape index (κ1) is 14.8. The molecule has 1 aliphatic rings. The van der Waals surface area contributed by atoms with Crippen LogP contribution in [0, 0.1) is 0 Å². The average Bonchev–Trinajstić information content (AvgIpc) is 2.48. The van der Waals surface area contributed by atoms with Gasteiger partial charge in [0, 0.05) is 13.2 Å². The first-order valence-electron chi connectivity index (χ1n) is 6.98. The number of ether oxygens (including phenoxy) is 2. The lowest BCUT2D eigenvalue weighted by atomic mass is 10.0. The van der Waals surface area contributed by atoms with Crippen molar-refractivity contribution in [3.63, 3.8) is 0 Å². The highest BCUT2D eigenvalue weighted by atomic mass is 16.5. The second-order valence-corrected chi connectivity index (χ2v) is 4.94. The summed E-state index contributed by atoms with van der Waals surface area (Å²) in [5.74, 6) is 0.643. The third-order valence-electron chi connectivity index (χ3n) is 3.58. The van der Waals surface area contributed by atoms with Gasteiger partial charge in [-0.3, -0.25) is 9.69 Å². The molecular formula is C15H22N2O3. The van der Waals surface area contributed by atoms with E-state index in [2.05, 4.69) is 0 Å². The predicted molar refractivity (Wildman–Crippen MR) is 77.7 cm³/mol. The number of nitrogens with two attached hydrogens (primary N) is 1. The number of anilines is 1. The van der Waals surface area contributed by atoms with Crippen molar-refractivity contribution in [1.82, 2.24) is 0 Å². The third-order valence-corrected chi connectivity index (χ3v) is 3.58. The van der Waals surface area contributed by atoms with Gasteiger partial charge in [0.1, 0.15) is 12.5 Å². The van der Waals surface area contributed by atoms with Gasteiger partial charge in [-0.05, 0) is 30.5 Å². The van der Waals surface area contributed by atoms with Crippen LogP contribution in [0.5, 0.6) is 5.75 Å². The molecule has 1 amide bonds. The Hall–Kier alpha value is -1.59. The fraction of sp³-hybridized carbons (Fsp3) is 0.533. The standard InChI is InChI=1S/C15H22N2O3/c1-4-11(16)10-6-7-14-12(8-10)17(9-19-3)15(18)13(5-2)20-14/h6-8,11,13H,4-5,9,16H2,1-3H3. The lowest BCUT2D eigenvalue weighted by molar-refractivity contribution is -0.127. The number of carbonyl (C=O) groups is 1. The molecule has 0 fully saturated rings. The van der Waals surface area contributed by atoms with Crippen LogP contribution in [0.3, 0.4) is 0 Å². The highest BCUT2D eigenvalue weighted by molar-refractivity contribution is 5.99. The summed E-state index contributed by atoms with van der Waals surface area (Å²) >= 11 is 0. The summed E-state index contributed by atoms with van der Waals surface area (Å²) in [6, 6.07) is 5.73. The molecule has 2 rings (SSSR count). The molecule has 20 heavy (non-hydrogen) atoms. The zero-order valence-corrected chi connectivity index (χ0v) is 12.3. The van der Waals surface area contributed by atoms with Gasteiger partial charge < -0.3 is 15.2 Å². The molecule has 1 aliphatic heterocycles. The predicted octanol–water partition coefficient (Wildman–Crippen LogP) is 2.20. The second kappa shape index (κ2) is 6.24. The van der Waals surface area contributed by atoms with Crippen molar-refractivity contribution in [1.29, 1.82) is 0 Å². The number of fused-ring (bicyclic) bond motifs is 1. The van der Waals surface area contributed by atoms with E-state index in [1.807, 2.05) is 32.0 Å². The highest BCUT2D eigenvalue weighted by Gasteiger charge is 2.33. The quantitative estimate of drug-likeness (QED) is 0.896. The maximum absolute atomic E-state index is 12.3. The van der Waals surface area contributed by atoms with E-state index in [4.69, 9.17) is 15.2 Å². The van der Waals surface area contributed by atoms with E-state index in [9.17, 15) is 4.79 Å². The summed E-state index contributed by atoms with van der Waals surface area (Å²) in [7, 11) is 1.57. The number of rotatable bonds is 5. The minimum Gasteiger partial charge on any atom is -0.478 e. The van der Waals surface area contributed by atoms with Gasteiger partial charge in [-0.2, -0.15) is 0 Å². The van der Waals surface area contributed by atoms with Crippen molar-refractivity contribution in [2.24, 2.45) is 5.73 Å². The molecule has 0 aliphatic carbocycles. The van der Waals surface area contributed by atoms with Crippen molar-refractivity contribution >= 4 is 11.6 Å². The normalized spacial score (nSPS) is 19.5. The van der Waals surface area contributed by atoms with Crippen molar-refractivity contribution in [3.05, 3.63) is 23.8 Å². The van der Waals surface area contributed by atoms with Crippen LogP contribution in [-0.4, -0.2) is 25.9 Å². The maximum Gasteiger partial charge on any atom is 0.270 e. The van der Waals surface area contributed by atoms with Gasteiger partial charge in [0.15, 0.2) is 6.10 Å². The van der Waals surface area contributed by atoms with Crippen LogP contribution >= 0.6 is 0 Å². The molecule has 0 radical (unpaired) electrons. The second-order valence-electron chi connectivity index (χ2n) is 4.94. The highest BCUT2D eigenvalue weighted by Crippen LogP contribution is 2.36. The fourth-order valence-electron chi connectivity index (χ4n) is 2.33. The Morgan fingerprint density at radius 2 is 2.20 bits per heavy atom. The number of hydrogen-bond acceptors (Lipinski definition) is 4. The molecule has 1 aromatic carbocycles. The summed E-state index contributed by atoms with van der Waals surface area (Å²) in [4.78, 5) is 14.0. The molecule has 0 spiro atoms. The largest absolute Gasteiger partial charge is 0.478 e. The third kappa shape index (κ3) is 2.64. The summed E-state index contributed by atoms with van der Waals surface area (Å²) in [5, 5.41) is 0. The number of amides is 1. The summed E-state index contributed by atoms with van der Waals surface area (Å²) in [6.07, 6.45) is 1.04. The number of benzene rings is 1. The molecule has 1 aromatic rings. The van der Waals surface area contributed by atoms with E-state index in [0.29, 0.717) is 12.2 Å². The molecule has 0 saturated heterocycles. The first-order valence-corrected chi connectivity index (χ1v) is 6.98. The van der Waals surface area contributed by atoms with Gasteiger partial charge in [-0.25, -0.2) is 0 Å². The van der Waals surface area contributed by atoms with Crippen LogP contribution in [0.15, 0.2) is 18.2 Å². The van der Waals surface area contributed by atoms with Gasteiger partial charge in [0.2, 0.25) is 0 Å². The zero-order valence-electron chi connectivity index (χ0n) is 12.3. The molecule has 110 valence electrons. The van der Waals surface area contributed by atoms with E-state index in [1.165, 1.54) is 0 Å². The van der Waals surface area contributed by atoms with Crippen LogP contribution in [0.2, 0.25) is 0 Å². The first-order chi connectivity index (χ1) is 9.62. The number of hydrogen-bond donors (Lipinski definition) is 1. The number of methoxy groups -OCH3 is 1. The van der Waals surface area contributed by atoms with Crippen LogP contribution < -0.4 is 15.4 Å². The summed E-state index contributed by atoms with van der Waals surface area (Å²) < 4.78 is 10.9. The molecule has 5 heteroatoms. The van der Waals surface area contributed by atoms with Crippen molar-refractivity contribution in [3.8, 4) is 5.75 Å². The van der Waals surface area contributed by atoms with Crippen molar-refractivity contribution in [2.75, 3.05) is 18.7 Å². The fourth-order valence-corrected chi connectivity index (χ4v) is 2.33. The molecule has 2 N–H and O–H groups in total. The van der Waals surface area contributed by atoms with Gasteiger partial charge >= 0.3 is 0 Å². The molecule has 2 atom stereocenters. The lowest BCUT2D eigenvalue weighted by Gasteiger charge is -2.34. The van der Waals surface area contributed by atoms with E-state index >= 15 is 0 Å². The Kier molecular flexibility index (Phi) is 4.62. The van der Waals surface area contributed by atoms with E-state index in [1.54, 1.807) is 12.0 Å². The molecular weight excluding hydrogens is 256 g/mol. The molecule has 0 bridgehead atoms. The van der Waals surface area contributed by atoms with Crippen LogP contribution in [0.25, 0.3) is 0 Å². The lowest BCUT2D eigenvalue weighted by Crippen LogP contribution is -2.46. The summed E-state index contributed by atoms with van der Waals surface area (Å²) in [6.45, 7) is 4.18. The monoisotopic (exact) mass is 278 g/mol. The minimum absolute atomic E-state index is 0.0382. The Balaban J connectivity index is 2.42. The molecule has 0 saturated carbocycles. The minimum atomic E-state index is -0.441. The van der Waals surface area contributed by atoms with Gasteiger partial charge in [0.25, 0.3) is 5.91 Å². The maximum atomic E-state index is 12.3. The molecule has 1 heterocycles. The Bertz CT molecular complexity index is 490. The molecule has 0 aromatic heterocycles. The van der Waals surface area contributed by atoms with Gasteiger partial charge in [-0.1, -0.05) is 19.9 Å². The van der Waals surface area contributed by atoms with E-state index < -0.39 is 6.10 Å². The van der Waals surface area contributed by atoms with E-state index in [-0.39, 0.29) is 18.7 Å². The SMILES string of the molecule is CCC1Oc2ccc(C(N)CC)cc2N(COC)C1=O. The Morgan fingerprint density at radius 3 is 2.80 bits per heavy atom. The Morgan fingerprint density at radius 1 is 1.45 bits per heavy atom. The average molecular weight is 278 g/mol. The summed E-state index contributed by atoms with van der Waals surface area (Å²) in [5.41, 5.74) is 7.80. The van der Waals surface area contributed by atoms with Crippen LogP contribution in [0.1, 0.15) is 38.3 Å². The molecule has 5 nitrogen and oxygen atoms in total. The van der Waals surface area contributed by atoms with E-state index in [0.717, 1.165) is 17.7 Å². The smallest absolute Gasteiger partial charge is 0.270 e. The number of carbonyl (C=O) groups excluding carboxylic acids is 1. The Labute approximate surface area is 119 Å². The topological polar surface area (TPSA) is 64.8 Å². The number of nitrogens with zero attached hydrogens (tertiary/aromatic N) is 1. The van der Waals surface area contributed by atoms with Crippen LogP contribution in [-0.2, 0) is 9.53 Å². The van der Waals surface area contributed by atoms with Crippen molar-refractivity contribution < 1.29 is 14.3 Å². The zero-order chi connectivity index (χ0) is 14.7. The van der Waals surface area contributed by atoms with Crippen molar-refractivity contribution in [2.45, 2.75) is 38.8 Å². The molecule has 2 unspecified atom stereocenters. The van der Waals surface area contributed by atoms with Gasteiger partial charge in [-0.15, -0.1) is 0 Å².